The van der Waals surface area contributed by atoms with Crippen LogP contribution in [-0.4, -0.2) is 43.6 Å². The second kappa shape index (κ2) is 9.36. The van der Waals surface area contributed by atoms with Crippen molar-refractivity contribution in [3.8, 4) is 0 Å². The van der Waals surface area contributed by atoms with Crippen molar-refractivity contribution in [2.75, 3.05) is 37.6 Å². The lowest BCUT2D eigenvalue weighted by atomic mass is 9.98. The molecule has 0 bridgehead atoms. The van der Waals surface area contributed by atoms with E-state index in [0.29, 0.717) is 30.3 Å². The number of hydrogen-bond donors (Lipinski definition) is 2. The Morgan fingerprint density at radius 2 is 2.00 bits per heavy atom. The first-order valence-electron chi connectivity index (χ1n) is 9.05. The molecule has 2 N–H and O–H groups in total. The Kier molecular flexibility index (Phi) is 7.18. The summed E-state index contributed by atoms with van der Waals surface area (Å²) in [4.78, 5) is 25.3. The summed E-state index contributed by atoms with van der Waals surface area (Å²) in [6, 6.07) is 4.77. The molecule has 0 atom stereocenters. The van der Waals surface area contributed by atoms with E-state index in [1.807, 2.05) is 0 Å². The quantitative estimate of drug-likeness (QED) is 0.428. The van der Waals surface area contributed by atoms with Crippen LogP contribution in [0.1, 0.15) is 43.5 Å². The Balaban J connectivity index is 2.05. The van der Waals surface area contributed by atoms with Gasteiger partial charge in [-0.05, 0) is 43.9 Å². The van der Waals surface area contributed by atoms with E-state index in [2.05, 4.69) is 29.4 Å². The van der Waals surface area contributed by atoms with Gasteiger partial charge in [0, 0.05) is 37.8 Å². The molecule has 1 heterocycles. The minimum atomic E-state index is -0.396. The van der Waals surface area contributed by atoms with E-state index in [4.69, 9.17) is 0 Å². The second-order valence-corrected chi connectivity index (χ2v) is 6.64. The van der Waals surface area contributed by atoms with Gasteiger partial charge in [-0.1, -0.05) is 13.8 Å². The average Bonchev–Trinajstić information content (AvgIpc) is 2.61. The number of amides is 1. The summed E-state index contributed by atoms with van der Waals surface area (Å²) in [6.45, 7) is 8.01. The molecule has 0 aliphatic carbocycles. The Labute approximate surface area is 148 Å². The first kappa shape index (κ1) is 19.2. The van der Waals surface area contributed by atoms with E-state index < -0.39 is 4.92 Å². The maximum Gasteiger partial charge on any atom is 0.293 e. The number of hydrogen-bond acceptors (Lipinski definition) is 5. The van der Waals surface area contributed by atoms with Crippen LogP contribution in [0.3, 0.4) is 0 Å². The van der Waals surface area contributed by atoms with Gasteiger partial charge in [-0.25, -0.2) is 0 Å². The van der Waals surface area contributed by atoms with E-state index in [1.165, 1.54) is 6.07 Å². The smallest absolute Gasteiger partial charge is 0.293 e. The van der Waals surface area contributed by atoms with Gasteiger partial charge in [-0.2, -0.15) is 0 Å². The predicted octanol–water partition coefficient (Wildman–Crippen LogP) is 2.56. The number of piperidine rings is 1. The highest BCUT2D eigenvalue weighted by molar-refractivity contribution is 5.95. The van der Waals surface area contributed by atoms with Gasteiger partial charge < -0.3 is 15.5 Å². The molecule has 7 nitrogen and oxygen atoms in total. The monoisotopic (exact) mass is 348 g/mol. The minimum absolute atomic E-state index is 0.00584. The molecule has 1 saturated heterocycles. The third kappa shape index (κ3) is 5.42. The number of rotatable bonds is 8. The summed E-state index contributed by atoms with van der Waals surface area (Å²) in [5.41, 5.74) is 0.945. The normalized spacial score (nSPS) is 15.2. The number of nitro benzene ring substituents is 1. The molecule has 7 heteroatoms. The SMILES string of the molecule is CCCNCCNC(=O)c1ccc(N2CCC(C)CC2)c([N+](=O)[O-])c1. The predicted molar refractivity (Wildman–Crippen MR) is 99.2 cm³/mol. The number of carbonyl (C=O) groups is 1. The van der Waals surface area contributed by atoms with E-state index in [-0.39, 0.29) is 11.6 Å². The van der Waals surface area contributed by atoms with Crippen LogP contribution in [-0.2, 0) is 0 Å². The molecular weight excluding hydrogens is 320 g/mol. The highest BCUT2D eigenvalue weighted by atomic mass is 16.6. The van der Waals surface area contributed by atoms with E-state index in [1.54, 1.807) is 12.1 Å². The number of benzene rings is 1. The van der Waals surface area contributed by atoms with Crippen molar-refractivity contribution in [2.45, 2.75) is 33.1 Å². The summed E-state index contributed by atoms with van der Waals surface area (Å²) < 4.78 is 0. The molecule has 1 aromatic carbocycles. The van der Waals surface area contributed by atoms with Crippen molar-refractivity contribution < 1.29 is 9.72 Å². The van der Waals surface area contributed by atoms with Crippen LogP contribution in [0.4, 0.5) is 11.4 Å². The van der Waals surface area contributed by atoms with Crippen LogP contribution in [0, 0.1) is 16.0 Å². The third-order valence-corrected chi connectivity index (χ3v) is 4.57. The topological polar surface area (TPSA) is 87.5 Å². The van der Waals surface area contributed by atoms with Crippen molar-refractivity contribution in [2.24, 2.45) is 5.92 Å². The molecule has 1 aromatic rings. The van der Waals surface area contributed by atoms with Crippen LogP contribution >= 0.6 is 0 Å². The molecule has 1 fully saturated rings. The molecule has 0 saturated carbocycles. The molecule has 0 aromatic heterocycles. The molecule has 2 rings (SSSR count). The molecule has 25 heavy (non-hydrogen) atoms. The second-order valence-electron chi connectivity index (χ2n) is 6.64. The lowest BCUT2D eigenvalue weighted by Gasteiger charge is -2.31. The maximum atomic E-state index is 12.2. The Morgan fingerprint density at radius 3 is 2.64 bits per heavy atom. The van der Waals surface area contributed by atoms with Crippen LogP contribution in [0.2, 0.25) is 0 Å². The number of nitro groups is 1. The molecule has 1 aliphatic rings. The van der Waals surface area contributed by atoms with Gasteiger partial charge in [-0.3, -0.25) is 14.9 Å². The van der Waals surface area contributed by atoms with Gasteiger partial charge >= 0.3 is 0 Å². The van der Waals surface area contributed by atoms with Crippen molar-refractivity contribution in [1.29, 1.82) is 0 Å². The maximum absolute atomic E-state index is 12.2. The lowest BCUT2D eigenvalue weighted by Crippen LogP contribution is -2.34. The zero-order chi connectivity index (χ0) is 18.2. The summed E-state index contributed by atoms with van der Waals surface area (Å²) in [6.07, 6.45) is 3.10. The van der Waals surface area contributed by atoms with Gasteiger partial charge in [-0.15, -0.1) is 0 Å². The molecule has 138 valence electrons. The molecule has 0 spiro atoms. The van der Waals surface area contributed by atoms with E-state index >= 15 is 0 Å². The van der Waals surface area contributed by atoms with Crippen molar-refractivity contribution in [3.05, 3.63) is 33.9 Å². The number of carbonyl (C=O) groups excluding carboxylic acids is 1. The van der Waals surface area contributed by atoms with E-state index in [0.717, 1.165) is 38.9 Å². The third-order valence-electron chi connectivity index (χ3n) is 4.57. The highest BCUT2D eigenvalue weighted by Gasteiger charge is 2.24. The number of nitrogens with zero attached hydrogens (tertiary/aromatic N) is 2. The van der Waals surface area contributed by atoms with Gasteiger partial charge in [0.2, 0.25) is 0 Å². The van der Waals surface area contributed by atoms with Crippen LogP contribution < -0.4 is 15.5 Å². The number of nitrogens with one attached hydrogen (secondary N) is 2. The molecule has 1 amide bonds. The molecule has 0 unspecified atom stereocenters. The minimum Gasteiger partial charge on any atom is -0.366 e. The zero-order valence-corrected chi connectivity index (χ0v) is 15.1. The Bertz CT molecular complexity index is 598. The Morgan fingerprint density at radius 1 is 1.28 bits per heavy atom. The van der Waals surface area contributed by atoms with Crippen LogP contribution in [0.15, 0.2) is 18.2 Å². The zero-order valence-electron chi connectivity index (χ0n) is 15.1. The fraction of sp³-hybridized carbons (Fsp3) is 0.611. The lowest BCUT2D eigenvalue weighted by molar-refractivity contribution is -0.384. The summed E-state index contributed by atoms with van der Waals surface area (Å²) >= 11 is 0. The summed E-state index contributed by atoms with van der Waals surface area (Å²) in [7, 11) is 0. The molecular formula is C18H28N4O3. The molecule has 1 aliphatic heterocycles. The van der Waals surface area contributed by atoms with Crippen molar-refractivity contribution in [3.63, 3.8) is 0 Å². The van der Waals surface area contributed by atoms with Crippen LogP contribution in [0.25, 0.3) is 0 Å². The number of anilines is 1. The summed E-state index contributed by atoms with van der Waals surface area (Å²) in [5, 5.41) is 17.5. The highest BCUT2D eigenvalue weighted by Crippen LogP contribution is 2.32. The van der Waals surface area contributed by atoms with Gasteiger partial charge in [0.05, 0.1) is 4.92 Å². The largest absolute Gasteiger partial charge is 0.366 e. The van der Waals surface area contributed by atoms with Gasteiger partial charge in [0.1, 0.15) is 5.69 Å². The van der Waals surface area contributed by atoms with Crippen LogP contribution in [0.5, 0.6) is 0 Å². The van der Waals surface area contributed by atoms with Gasteiger partial charge in [0.15, 0.2) is 0 Å². The fourth-order valence-corrected chi connectivity index (χ4v) is 3.00. The van der Waals surface area contributed by atoms with Gasteiger partial charge in [0.25, 0.3) is 11.6 Å². The average molecular weight is 348 g/mol. The first-order valence-corrected chi connectivity index (χ1v) is 9.05. The van der Waals surface area contributed by atoms with Crippen molar-refractivity contribution >= 4 is 17.3 Å². The first-order chi connectivity index (χ1) is 12.0. The Hall–Kier alpha value is -2.15. The fourth-order valence-electron chi connectivity index (χ4n) is 3.00. The molecule has 0 radical (unpaired) electrons. The summed E-state index contributed by atoms with van der Waals surface area (Å²) in [5.74, 6) is 0.377. The standard InChI is InChI=1S/C18H28N4O3/c1-3-8-19-9-10-20-18(23)15-4-5-16(17(13-15)22(24)25)21-11-6-14(2)7-12-21/h4-5,13-14,19H,3,6-12H2,1-2H3,(H,20,23). The van der Waals surface area contributed by atoms with E-state index in [9.17, 15) is 14.9 Å². The van der Waals surface area contributed by atoms with Crippen molar-refractivity contribution in [1.82, 2.24) is 10.6 Å².